The number of allylic oxidation sites excluding steroid dienone is 1. The van der Waals surface area contributed by atoms with Crippen LogP contribution in [0.15, 0.2) is 35.1 Å². The summed E-state index contributed by atoms with van der Waals surface area (Å²) in [7, 11) is 1.57. The molecule has 0 aliphatic rings. The maximum atomic E-state index is 13.2. The van der Waals surface area contributed by atoms with Crippen LogP contribution in [0, 0.1) is 6.92 Å². The van der Waals surface area contributed by atoms with Crippen LogP contribution in [0.25, 0.3) is 23.4 Å². The predicted molar refractivity (Wildman–Crippen MR) is 113 cm³/mol. The molecule has 0 atom stereocenters. The van der Waals surface area contributed by atoms with Gasteiger partial charge in [0.25, 0.3) is 0 Å². The summed E-state index contributed by atoms with van der Waals surface area (Å²) >= 11 is 1.38. The molecule has 3 aromatic heterocycles. The van der Waals surface area contributed by atoms with Gasteiger partial charge in [0, 0.05) is 23.8 Å². The van der Waals surface area contributed by atoms with Gasteiger partial charge in [0.15, 0.2) is 11.6 Å². The van der Waals surface area contributed by atoms with Crippen LogP contribution in [-0.4, -0.2) is 42.7 Å². The van der Waals surface area contributed by atoms with Crippen molar-refractivity contribution in [2.24, 2.45) is 7.05 Å². The van der Waals surface area contributed by atoms with E-state index < -0.39 is 23.6 Å². The molecule has 1 amide bonds. The molecule has 0 saturated heterocycles. The molecular weight excluding hydrogens is 486 g/mol. The van der Waals surface area contributed by atoms with Crippen LogP contribution in [0.1, 0.15) is 23.9 Å². The summed E-state index contributed by atoms with van der Waals surface area (Å²) in [5.41, 5.74) is -1.70. The van der Waals surface area contributed by atoms with Gasteiger partial charge in [-0.25, -0.2) is 14.6 Å². The van der Waals surface area contributed by atoms with Crippen molar-refractivity contribution in [3.05, 3.63) is 47.2 Å². The summed E-state index contributed by atoms with van der Waals surface area (Å²) in [5.74, 6) is 0.894. The molecule has 1 N–H and O–H groups in total. The number of hydrogen-bond donors (Lipinski definition) is 1. The fourth-order valence-corrected chi connectivity index (χ4v) is 3.69. The molecule has 7 nitrogen and oxygen atoms in total. The number of carbonyl (C=O) groups excluding carboxylic acids is 1. The number of nitrogens with one attached hydrogen (secondary N) is 1. The molecule has 0 fully saturated rings. The van der Waals surface area contributed by atoms with E-state index >= 15 is 0 Å². The van der Waals surface area contributed by atoms with Gasteiger partial charge in [-0.05, 0) is 30.9 Å². The van der Waals surface area contributed by atoms with Crippen molar-refractivity contribution < 1.29 is 31.1 Å². The maximum absolute atomic E-state index is 13.2. The molecule has 34 heavy (non-hydrogen) atoms. The summed E-state index contributed by atoms with van der Waals surface area (Å²) in [6.45, 7) is 3.42. The Labute approximate surface area is 193 Å². The second kappa shape index (κ2) is 9.52. The quantitative estimate of drug-likeness (QED) is 0.285. The number of thioether (sulfide) groups is 1. The van der Waals surface area contributed by atoms with Crippen LogP contribution in [0.2, 0.25) is 0 Å². The molecule has 0 aromatic carbocycles. The SMILES string of the molecule is CCSc1ccc(-n2cc(C(F)(F)F)cn2)nc1-c1nc(/C=C(\NC=O)C(F)(F)F)c(C)n1C. The lowest BCUT2D eigenvalue weighted by atomic mass is 10.2. The smallest absolute Gasteiger partial charge is 0.329 e. The first-order valence-corrected chi connectivity index (χ1v) is 10.6. The van der Waals surface area contributed by atoms with Crippen molar-refractivity contribution >= 4 is 24.2 Å². The third-order valence-electron chi connectivity index (χ3n) is 4.72. The lowest BCUT2D eigenvalue weighted by molar-refractivity contribution is -0.137. The zero-order chi connectivity index (χ0) is 25.3. The number of rotatable bonds is 7. The normalized spacial score (nSPS) is 12.8. The predicted octanol–water partition coefficient (Wildman–Crippen LogP) is 4.76. The van der Waals surface area contributed by atoms with Crippen molar-refractivity contribution in [3.8, 4) is 17.3 Å². The Bertz CT molecular complexity index is 1230. The van der Waals surface area contributed by atoms with Gasteiger partial charge in [-0.15, -0.1) is 11.8 Å². The number of hydrogen-bond acceptors (Lipinski definition) is 5. The number of carbonyl (C=O) groups is 1. The minimum absolute atomic E-state index is 0.0581. The molecule has 0 bridgehead atoms. The van der Waals surface area contributed by atoms with Crippen LogP contribution in [-0.2, 0) is 18.0 Å². The molecule has 0 spiro atoms. The average Bonchev–Trinajstić information content (AvgIpc) is 3.35. The van der Waals surface area contributed by atoms with E-state index in [4.69, 9.17) is 0 Å². The highest BCUT2D eigenvalue weighted by Gasteiger charge is 2.35. The number of aromatic nitrogens is 5. The summed E-state index contributed by atoms with van der Waals surface area (Å²) < 4.78 is 81.0. The lowest BCUT2D eigenvalue weighted by Gasteiger charge is -2.10. The number of imidazole rings is 1. The number of pyridine rings is 1. The van der Waals surface area contributed by atoms with E-state index in [0.717, 1.165) is 10.9 Å². The zero-order valence-electron chi connectivity index (χ0n) is 18.0. The Morgan fingerprint density at radius 2 is 1.88 bits per heavy atom. The maximum Gasteiger partial charge on any atom is 0.431 e. The van der Waals surface area contributed by atoms with Gasteiger partial charge in [0.1, 0.15) is 11.4 Å². The van der Waals surface area contributed by atoms with Gasteiger partial charge in [-0.2, -0.15) is 31.4 Å². The molecule has 3 aromatic rings. The summed E-state index contributed by atoms with van der Waals surface area (Å²) in [5, 5.41) is 5.35. The van der Waals surface area contributed by atoms with Gasteiger partial charge in [-0.1, -0.05) is 6.92 Å². The third kappa shape index (κ3) is 5.26. The van der Waals surface area contributed by atoms with Gasteiger partial charge >= 0.3 is 12.4 Å². The molecule has 0 aliphatic heterocycles. The highest BCUT2D eigenvalue weighted by Crippen LogP contribution is 2.33. The van der Waals surface area contributed by atoms with Crippen molar-refractivity contribution in [2.75, 3.05) is 5.75 Å². The van der Waals surface area contributed by atoms with Crippen LogP contribution < -0.4 is 5.32 Å². The molecule has 0 aliphatic carbocycles. The molecule has 0 saturated carbocycles. The average molecular weight is 504 g/mol. The first-order valence-electron chi connectivity index (χ1n) is 9.65. The second-order valence-corrected chi connectivity index (χ2v) is 8.21. The van der Waals surface area contributed by atoms with Crippen LogP contribution in [0.3, 0.4) is 0 Å². The number of halogens is 6. The summed E-state index contributed by atoms with van der Waals surface area (Å²) in [4.78, 5) is 19.9. The number of alkyl halides is 6. The Kier molecular flexibility index (Phi) is 7.10. The largest absolute Gasteiger partial charge is 0.431 e. The lowest BCUT2D eigenvalue weighted by Crippen LogP contribution is -2.25. The highest BCUT2D eigenvalue weighted by molar-refractivity contribution is 7.99. The number of amides is 1. The standard InChI is InChI=1S/C20H18F6N6OS/c1-4-34-14-5-6-16(32-9-12(8-28-32)19(21,22)23)30-17(14)18-29-13(11(2)31(18)3)7-15(27-10-33)20(24,25)26/h5-10H,4H2,1-3H3,(H,27,33)/b15-7-. The van der Waals surface area contributed by atoms with Crippen LogP contribution >= 0.6 is 11.8 Å². The van der Waals surface area contributed by atoms with Gasteiger partial charge in [0.05, 0.1) is 17.5 Å². The number of nitrogens with zero attached hydrogens (tertiary/aromatic N) is 5. The molecule has 0 unspecified atom stereocenters. The van der Waals surface area contributed by atoms with E-state index in [9.17, 15) is 31.1 Å². The van der Waals surface area contributed by atoms with Crippen molar-refractivity contribution in [1.82, 2.24) is 29.6 Å². The van der Waals surface area contributed by atoms with E-state index in [2.05, 4.69) is 15.1 Å². The topological polar surface area (TPSA) is 77.6 Å². The van der Waals surface area contributed by atoms with Crippen molar-refractivity contribution in [3.63, 3.8) is 0 Å². The minimum Gasteiger partial charge on any atom is -0.329 e. The van der Waals surface area contributed by atoms with Crippen LogP contribution in [0.5, 0.6) is 0 Å². The third-order valence-corrected chi connectivity index (χ3v) is 5.65. The molecule has 182 valence electrons. The fourth-order valence-electron chi connectivity index (χ4n) is 2.95. The minimum atomic E-state index is -4.82. The Balaban J connectivity index is 2.15. The fraction of sp³-hybridized carbons (Fsp3) is 0.300. The van der Waals surface area contributed by atoms with E-state index in [1.54, 1.807) is 18.4 Å². The molecule has 3 heterocycles. The molecule has 14 heteroatoms. The Morgan fingerprint density at radius 1 is 1.18 bits per heavy atom. The van der Waals surface area contributed by atoms with Gasteiger partial charge in [-0.3, -0.25) is 4.79 Å². The van der Waals surface area contributed by atoms with E-state index in [1.807, 2.05) is 6.92 Å². The van der Waals surface area contributed by atoms with Crippen LogP contribution in [0.4, 0.5) is 26.3 Å². The van der Waals surface area contributed by atoms with Crippen molar-refractivity contribution in [2.45, 2.75) is 31.1 Å². The monoisotopic (exact) mass is 504 g/mol. The van der Waals surface area contributed by atoms with Gasteiger partial charge < -0.3 is 9.88 Å². The first kappa shape index (κ1) is 25.3. The zero-order valence-corrected chi connectivity index (χ0v) is 18.8. The van der Waals surface area contributed by atoms with Crippen molar-refractivity contribution in [1.29, 1.82) is 0 Å². The van der Waals surface area contributed by atoms with E-state index in [-0.39, 0.29) is 29.4 Å². The highest BCUT2D eigenvalue weighted by atomic mass is 32.2. The molecule has 0 radical (unpaired) electrons. The van der Waals surface area contributed by atoms with E-state index in [1.165, 1.54) is 29.3 Å². The summed E-state index contributed by atoms with van der Waals surface area (Å²) in [6.07, 6.45) is -7.32. The Morgan fingerprint density at radius 3 is 2.44 bits per heavy atom. The van der Waals surface area contributed by atoms with Gasteiger partial charge in [0.2, 0.25) is 6.41 Å². The second-order valence-electron chi connectivity index (χ2n) is 6.90. The first-order chi connectivity index (χ1) is 15.9. The molecule has 3 rings (SSSR count). The van der Waals surface area contributed by atoms with E-state index in [0.29, 0.717) is 28.6 Å². The molecular formula is C20H18F6N6OS. The summed E-state index contributed by atoms with van der Waals surface area (Å²) in [6, 6.07) is 3.12. The Hall–Kier alpha value is -3.29.